The Morgan fingerprint density at radius 1 is 1.19 bits per heavy atom. The van der Waals surface area contributed by atoms with Crippen LogP contribution in [0.5, 0.6) is 0 Å². The lowest BCUT2D eigenvalue weighted by Gasteiger charge is -2.37. The number of hydrogen-bond acceptors (Lipinski definition) is 5. The number of benzene rings is 1. The molecule has 1 heterocycles. The zero-order valence-electron chi connectivity index (χ0n) is 15.5. The molecule has 26 heavy (non-hydrogen) atoms. The monoisotopic (exact) mass is 376 g/mol. The van der Waals surface area contributed by atoms with Crippen molar-refractivity contribution in [1.29, 1.82) is 0 Å². The lowest BCUT2D eigenvalue weighted by molar-refractivity contribution is -0.124. The third-order valence-electron chi connectivity index (χ3n) is 5.01. The molecule has 0 spiro atoms. The average molecular weight is 377 g/mol. The molecule has 0 aromatic heterocycles. The normalized spacial score (nSPS) is 19.8. The van der Waals surface area contributed by atoms with E-state index in [0.717, 1.165) is 49.6 Å². The van der Waals surface area contributed by atoms with E-state index in [4.69, 9.17) is 0 Å². The quantitative estimate of drug-likeness (QED) is 0.708. The van der Waals surface area contributed by atoms with Crippen LogP contribution in [-0.2, 0) is 9.59 Å². The summed E-state index contributed by atoms with van der Waals surface area (Å²) in [5.41, 5.74) is 0.868. The van der Waals surface area contributed by atoms with Gasteiger partial charge in [0.15, 0.2) is 0 Å². The molecule has 0 radical (unpaired) electrons. The number of amides is 2. The van der Waals surface area contributed by atoms with Crippen molar-refractivity contribution in [2.24, 2.45) is 0 Å². The van der Waals surface area contributed by atoms with Crippen LogP contribution in [0.4, 0.5) is 5.69 Å². The van der Waals surface area contributed by atoms with Crippen LogP contribution < -0.4 is 10.6 Å². The molecule has 0 bridgehead atoms. The lowest BCUT2D eigenvalue weighted by Crippen LogP contribution is -2.54. The Kier molecular flexibility index (Phi) is 6.56. The number of carbonyl (C=O) groups excluding carboxylic acids is 2. The Bertz CT molecular complexity index is 642. The van der Waals surface area contributed by atoms with Crippen LogP contribution in [0, 0.1) is 0 Å². The standard InChI is InChI=1S/C19H28N4O2S/c1-14(19(25)21-16-5-3-4-6-17(16)26-2)23-11-9-22(10-12-23)13-18(24)20-15-7-8-15/h3-6,14-15H,7-13H2,1-2H3,(H,20,24)(H,21,25). The maximum absolute atomic E-state index is 12.6. The highest BCUT2D eigenvalue weighted by atomic mass is 32.2. The molecule has 1 aliphatic heterocycles. The molecule has 1 saturated heterocycles. The summed E-state index contributed by atoms with van der Waals surface area (Å²) in [5, 5.41) is 6.08. The second-order valence-corrected chi connectivity index (χ2v) is 7.87. The van der Waals surface area contributed by atoms with Gasteiger partial charge in [-0.15, -0.1) is 11.8 Å². The number of para-hydroxylation sites is 1. The number of anilines is 1. The molecule has 2 aliphatic rings. The van der Waals surface area contributed by atoms with Crippen LogP contribution in [0.15, 0.2) is 29.2 Å². The second kappa shape index (κ2) is 8.88. The molecule has 142 valence electrons. The van der Waals surface area contributed by atoms with Crippen LogP contribution in [0.25, 0.3) is 0 Å². The van der Waals surface area contributed by atoms with Gasteiger partial charge in [-0.05, 0) is 38.2 Å². The summed E-state index contributed by atoms with van der Waals surface area (Å²) in [4.78, 5) is 30.0. The molecule has 3 rings (SSSR count). The van der Waals surface area contributed by atoms with Gasteiger partial charge in [-0.3, -0.25) is 19.4 Å². The number of rotatable bonds is 7. The molecule has 2 amide bonds. The maximum atomic E-state index is 12.6. The van der Waals surface area contributed by atoms with E-state index in [0.29, 0.717) is 12.6 Å². The van der Waals surface area contributed by atoms with Gasteiger partial charge in [0.25, 0.3) is 0 Å². The van der Waals surface area contributed by atoms with E-state index in [1.54, 1.807) is 11.8 Å². The van der Waals surface area contributed by atoms with E-state index < -0.39 is 0 Å². The number of hydrogen-bond donors (Lipinski definition) is 2. The van der Waals surface area contributed by atoms with Gasteiger partial charge in [0.05, 0.1) is 18.3 Å². The highest BCUT2D eigenvalue weighted by Crippen LogP contribution is 2.25. The summed E-state index contributed by atoms with van der Waals surface area (Å²) in [6.07, 6.45) is 4.24. The van der Waals surface area contributed by atoms with Gasteiger partial charge < -0.3 is 10.6 Å². The molecule has 1 aromatic carbocycles. The molecule has 2 N–H and O–H groups in total. The van der Waals surface area contributed by atoms with Crippen LogP contribution in [-0.4, -0.2) is 72.7 Å². The number of nitrogens with one attached hydrogen (secondary N) is 2. The fraction of sp³-hybridized carbons (Fsp3) is 0.579. The highest BCUT2D eigenvalue weighted by molar-refractivity contribution is 7.98. The van der Waals surface area contributed by atoms with E-state index in [-0.39, 0.29) is 17.9 Å². The minimum absolute atomic E-state index is 0.0198. The molecule has 6 nitrogen and oxygen atoms in total. The molecule has 1 aromatic rings. The van der Waals surface area contributed by atoms with E-state index >= 15 is 0 Å². The van der Waals surface area contributed by atoms with Crippen LogP contribution in [0.1, 0.15) is 19.8 Å². The first-order valence-electron chi connectivity index (χ1n) is 9.26. The van der Waals surface area contributed by atoms with Gasteiger partial charge in [0.2, 0.25) is 11.8 Å². The van der Waals surface area contributed by atoms with Crippen molar-refractivity contribution in [2.45, 2.75) is 36.7 Å². The first-order chi connectivity index (χ1) is 12.6. The maximum Gasteiger partial charge on any atom is 0.241 e. The second-order valence-electron chi connectivity index (χ2n) is 7.02. The highest BCUT2D eigenvalue weighted by Gasteiger charge is 2.28. The van der Waals surface area contributed by atoms with Gasteiger partial charge in [-0.25, -0.2) is 0 Å². The number of piperazine rings is 1. The number of carbonyl (C=O) groups is 2. The molecule has 1 atom stereocenters. The Morgan fingerprint density at radius 3 is 2.54 bits per heavy atom. The largest absolute Gasteiger partial charge is 0.352 e. The van der Waals surface area contributed by atoms with Crippen molar-refractivity contribution < 1.29 is 9.59 Å². The molecule has 1 aliphatic carbocycles. The number of thioether (sulfide) groups is 1. The van der Waals surface area contributed by atoms with E-state index in [1.807, 2.05) is 37.4 Å². The summed E-state index contributed by atoms with van der Waals surface area (Å²) in [6.45, 7) is 5.65. The predicted molar refractivity (Wildman–Crippen MR) is 105 cm³/mol. The Labute approximate surface area is 159 Å². The van der Waals surface area contributed by atoms with Crippen molar-refractivity contribution in [3.8, 4) is 0 Å². The summed E-state index contributed by atoms with van der Waals surface area (Å²) in [6, 6.07) is 8.09. The smallest absolute Gasteiger partial charge is 0.241 e. The summed E-state index contributed by atoms with van der Waals surface area (Å²) in [5.74, 6) is 0.145. The zero-order chi connectivity index (χ0) is 18.5. The van der Waals surface area contributed by atoms with E-state index in [2.05, 4.69) is 20.4 Å². The van der Waals surface area contributed by atoms with E-state index in [9.17, 15) is 9.59 Å². The van der Waals surface area contributed by atoms with Gasteiger partial charge in [-0.1, -0.05) is 12.1 Å². The zero-order valence-corrected chi connectivity index (χ0v) is 16.3. The van der Waals surface area contributed by atoms with Crippen molar-refractivity contribution in [1.82, 2.24) is 15.1 Å². The van der Waals surface area contributed by atoms with E-state index in [1.165, 1.54) is 0 Å². The Balaban J connectivity index is 1.45. The first kappa shape index (κ1) is 19.2. The minimum atomic E-state index is -0.188. The van der Waals surface area contributed by atoms with Gasteiger partial charge >= 0.3 is 0 Å². The van der Waals surface area contributed by atoms with Crippen LogP contribution in [0.3, 0.4) is 0 Å². The van der Waals surface area contributed by atoms with Crippen molar-refractivity contribution in [3.05, 3.63) is 24.3 Å². The Morgan fingerprint density at radius 2 is 1.88 bits per heavy atom. The fourth-order valence-electron chi connectivity index (χ4n) is 3.16. The molecular weight excluding hydrogens is 348 g/mol. The minimum Gasteiger partial charge on any atom is -0.352 e. The van der Waals surface area contributed by atoms with Gasteiger partial charge in [0, 0.05) is 37.1 Å². The molecule has 2 fully saturated rings. The van der Waals surface area contributed by atoms with Gasteiger partial charge in [-0.2, -0.15) is 0 Å². The van der Waals surface area contributed by atoms with Crippen molar-refractivity contribution in [3.63, 3.8) is 0 Å². The summed E-state index contributed by atoms with van der Waals surface area (Å²) < 4.78 is 0. The fourth-order valence-corrected chi connectivity index (χ4v) is 3.72. The van der Waals surface area contributed by atoms with Gasteiger partial charge in [0.1, 0.15) is 0 Å². The average Bonchev–Trinajstić information content (AvgIpc) is 3.46. The Hall–Kier alpha value is -1.57. The molecule has 7 heteroatoms. The summed E-state index contributed by atoms with van der Waals surface area (Å²) >= 11 is 1.63. The molecular formula is C19H28N4O2S. The predicted octanol–water partition coefficient (Wildman–Crippen LogP) is 1.63. The number of nitrogens with zero attached hydrogens (tertiary/aromatic N) is 2. The van der Waals surface area contributed by atoms with Crippen molar-refractivity contribution in [2.75, 3.05) is 44.3 Å². The molecule has 1 unspecified atom stereocenters. The third-order valence-corrected chi connectivity index (χ3v) is 5.80. The SMILES string of the molecule is CSc1ccccc1NC(=O)C(C)N1CCN(CC(=O)NC2CC2)CC1. The van der Waals surface area contributed by atoms with Crippen molar-refractivity contribution >= 4 is 29.3 Å². The lowest BCUT2D eigenvalue weighted by atomic mass is 10.2. The van der Waals surface area contributed by atoms with Crippen LogP contribution in [0.2, 0.25) is 0 Å². The van der Waals surface area contributed by atoms with Crippen LogP contribution >= 0.6 is 11.8 Å². The first-order valence-corrected chi connectivity index (χ1v) is 10.5. The molecule has 1 saturated carbocycles. The topological polar surface area (TPSA) is 64.7 Å². The third kappa shape index (κ3) is 5.22. The summed E-state index contributed by atoms with van der Waals surface area (Å²) in [7, 11) is 0.